The van der Waals surface area contributed by atoms with E-state index in [4.69, 9.17) is 14.2 Å². The molecule has 0 rings (SSSR count). The van der Waals surface area contributed by atoms with Gasteiger partial charge in [-0.15, -0.1) is 0 Å². The quantitative estimate of drug-likeness (QED) is 0.0262. The summed E-state index contributed by atoms with van der Waals surface area (Å²) in [4.78, 5) is 38.2. The largest absolute Gasteiger partial charge is 0.462 e. The molecule has 0 bridgehead atoms. The Bertz CT molecular complexity index is 1250. The lowest BCUT2D eigenvalue weighted by atomic mass is 10.0. The molecule has 0 aromatic rings. The van der Waals surface area contributed by atoms with Gasteiger partial charge in [-0.1, -0.05) is 261 Å². The van der Waals surface area contributed by atoms with Crippen molar-refractivity contribution in [2.24, 2.45) is 0 Å². The molecule has 0 radical (unpaired) electrons. The summed E-state index contributed by atoms with van der Waals surface area (Å²) in [5.41, 5.74) is 0. The minimum absolute atomic E-state index is 0.0841. The van der Waals surface area contributed by atoms with E-state index in [1.165, 1.54) is 161 Å². The molecule has 0 aliphatic carbocycles. The van der Waals surface area contributed by atoms with Crippen LogP contribution in [0.25, 0.3) is 0 Å². The molecular weight excluding hydrogens is 853 g/mol. The molecule has 0 unspecified atom stereocenters. The van der Waals surface area contributed by atoms with Crippen LogP contribution < -0.4 is 0 Å². The van der Waals surface area contributed by atoms with Gasteiger partial charge in [0.05, 0.1) is 0 Å². The number of allylic oxidation sites excluding steroid dienone is 10. The van der Waals surface area contributed by atoms with Crippen molar-refractivity contribution in [3.63, 3.8) is 0 Å². The Hall–Kier alpha value is -2.89. The molecule has 6 heteroatoms. The second-order valence-corrected chi connectivity index (χ2v) is 19.9. The SMILES string of the molecule is CC/C=C\C/C=C\C/C=C\C/C=C\CCCCCCC(=O)O[C@H](COC(=O)CCCCCCC/C=C\CCCCCCCC)COC(=O)CCCCCCCCCCCCCCCCCCCCC. The Morgan fingerprint density at radius 1 is 0.304 bits per heavy atom. The van der Waals surface area contributed by atoms with Gasteiger partial charge >= 0.3 is 17.9 Å². The lowest BCUT2D eigenvalue weighted by molar-refractivity contribution is -0.167. The van der Waals surface area contributed by atoms with E-state index in [1.807, 2.05) is 0 Å². The average molecular weight is 966 g/mol. The molecule has 6 nitrogen and oxygen atoms in total. The predicted octanol–water partition coefficient (Wildman–Crippen LogP) is 20.0. The molecule has 0 aromatic carbocycles. The average Bonchev–Trinajstić information content (AvgIpc) is 3.35. The van der Waals surface area contributed by atoms with Crippen LogP contribution in [0.15, 0.2) is 60.8 Å². The van der Waals surface area contributed by atoms with E-state index < -0.39 is 6.10 Å². The summed E-state index contributed by atoms with van der Waals surface area (Å²) < 4.78 is 16.9. The van der Waals surface area contributed by atoms with E-state index in [0.717, 1.165) is 103 Å². The highest BCUT2D eigenvalue weighted by atomic mass is 16.6. The maximum atomic E-state index is 12.9. The number of rotatable bonds is 54. The van der Waals surface area contributed by atoms with Crippen LogP contribution in [0, 0.1) is 0 Å². The number of carbonyl (C=O) groups excluding carboxylic acids is 3. The van der Waals surface area contributed by atoms with Gasteiger partial charge in [0.15, 0.2) is 6.10 Å². The molecule has 0 aliphatic heterocycles. The van der Waals surface area contributed by atoms with Crippen LogP contribution in [0.2, 0.25) is 0 Å². The number of hydrogen-bond acceptors (Lipinski definition) is 6. The summed E-state index contributed by atoms with van der Waals surface area (Å²) >= 11 is 0. The van der Waals surface area contributed by atoms with Gasteiger partial charge in [0, 0.05) is 19.3 Å². The fraction of sp³-hybridized carbons (Fsp3) is 0.794. The summed E-state index contributed by atoms with van der Waals surface area (Å²) in [5.74, 6) is -0.902. The van der Waals surface area contributed by atoms with Crippen molar-refractivity contribution < 1.29 is 28.6 Å². The normalized spacial score (nSPS) is 12.4. The highest BCUT2D eigenvalue weighted by Crippen LogP contribution is 2.16. The standard InChI is InChI=1S/C63H112O6/c1-4-7-10-13-16-19-22-25-28-30-31-33-35-38-41-44-47-50-53-56-62(65)68-59-60(58-67-61(64)55-52-49-46-43-40-37-34-27-24-21-18-15-12-9-6-3)69-63(66)57-54-51-48-45-42-39-36-32-29-26-23-20-17-14-11-8-5-2/h8,11,17,20,26-27,29,34,36,39,60H,4-7,9-10,12-16,18-19,21-25,28,30-33,35,37-38,40-59H2,1-3H3/b11-8-,20-17-,29-26-,34-27-,39-36-/t60-/m1/s1. The fourth-order valence-corrected chi connectivity index (χ4v) is 8.55. The Balaban J connectivity index is 4.39. The first-order valence-corrected chi connectivity index (χ1v) is 29.8. The van der Waals surface area contributed by atoms with Gasteiger partial charge in [-0.3, -0.25) is 14.4 Å². The summed E-state index contributed by atoms with van der Waals surface area (Å²) in [6, 6.07) is 0. The van der Waals surface area contributed by atoms with Crippen molar-refractivity contribution in [2.45, 2.75) is 309 Å². The molecule has 0 heterocycles. The van der Waals surface area contributed by atoms with Gasteiger partial charge in [0.2, 0.25) is 0 Å². The first-order valence-electron chi connectivity index (χ1n) is 29.8. The third-order valence-electron chi connectivity index (χ3n) is 13.0. The second kappa shape index (κ2) is 57.7. The van der Waals surface area contributed by atoms with Crippen LogP contribution in [0.4, 0.5) is 0 Å². The van der Waals surface area contributed by atoms with Gasteiger partial charge in [-0.2, -0.15) is 0 Å². The summed E-state index contributed by atoms with van der Waals surface area (Å²) in [6.07, 6.45) is 72.1. The number of ether oxygens (including phenoxy) is 3. The molecule has 400 valence electrons. The monoisotopic (exact) mass is 965 g/mol. The zero-order chi connectivity index (χ0) is 50.0. The minimum atomic E-state index is -0.789. The Morgan fingerprint density at radius 2 is 0.565 bits per heavy atom. The zero-order valence-electron chi connectivity index (χ0n) is 45.8. The van der Waals surface area contributed by atoms with E-state index in [1.54, 1.807) is 0 Å². The molecule has 0 spiro atoms. The number of esters is 3. The van der Waals surface area contributed by atoms with Crippen molar-refractivity contribution in [2.75, 3.05) is 13.2 Å². The molecule has 0 aliphatic rings. The molecule has 69 heavy (non-hydrogen) atoms. The smallest absolute Gasteiger partial charge is 0.306 e. The molecular formula is C63H112O6. The first kappa shape index (κ1) is 66.1. The van der Waals surface area contributed by atoms with E-state index in [9.17, 15) is 14.4 Å². The molecule has 0 saturated carbocycles. The van der Waals surface area contributed by atoms with Crippen LogP contribution in [0.3, 0.4) is 0 Å². The zero-order valence-corrected chi connectivity index (χ0v) is 45.8. The van der Waals surface area contributed by atoms with Crippen LogP contribution >= 0.6 is 0 Å². The lowest BCUT2D eigenvalue weighted by Crippen LogP contribution is -2.30. The van der Waals surface area contributed by atoms with Crippen molar-refractivity contribution in [1.82, 2.24) is 0 Å². The van der Waals surface area contributed by atoms with E-state index in [2.05, 4.69) is 81.5 Å². The van der Waals surface area contributed by atoms with Crippen LogP contribution in [0.1, 0.15) is 303 Å². The molecule has 0 amide bonds. The minimum Gasteiger partial charge on any atom is -0.462 e. The van der Waals surface area contributed by atoms with E-state index >= 15 is 0 Å². The van der Waals surface area contributed by atoms with Crippen LogP contribution in [-0.4, -0.2) is 37.2 Å². The first-order chi connectivity index (χ1) is 34.0. The Kier molecular flexibility index (Phi) is 55.3. The van der Waals surface area contributed by atoms with E-state index in [-0.39, 0.29) is 31.1 Å². The molecule has 0 saturated heterocycles. The molecule has 1 atom stereocenters. The Labute approximate surface area is 428 Å². The summed E-state index contributed by atoms with van der Waals surface area (Å²) in [6.45, 7) is 6.53. The van der Waals surface area contributed by atoms with E-state index in [0.29, 0.717) is 19.3 Å². The predicted molar refractivity (Wildman–Crippen MR) is 298 cm³/mol. The van der Waals surface area contributed by atoms with Gasteiger partial charge in [0.1, 0.15) is 13.2 Å². The summed E-state index contributed by atoms with van der Waals surface area (Å²) in [7, 11) is 0. The Morgan fingerprint density at radius 3 is 0.899 bits per heavy atom. The highest BCUT2D eigenvalue weighted by molar-refractivity contribution is 5.71. The maximum Gasteiger partial charge on any atom is 0.306 e. The van der Waals surface area contributed by atoms with Gasteiger partial charge in [0.25, 0.3) is 0 Å². The van der Waals surface area contributed by atoms with Crippen LogP contribution in [0.5, 0.6) is 0 Å². The highest BCUT2D eigenvalue weighted by Gasteiger charge is 2.19. The van der Waals surface area contributed by atoms with Gasteiger partial charge < -0.3 is 14.2 Å². The number of hydrogen-bond donors (Lipinski definition) is 0. The summed E-state index contributed by atoms with van der Waals surface area (Å²) in [5, 5.41) is 0. The molecule has 0 N–H and O–H groups in total. The van der Waals surface area contributed by atoms with Gasteiger partial charge in [-0.25, -0.2) is 0 Å². The second-order valence-electron chi connectivity index (χ2n) is 19.9. The van der Waals surface area contributed by atoms with Crippen molar-refractivity contribution in [1.29, 1.82) is 0 Å². The third-order valence-corrected chi connectivity index (χ3v) is 13.0. The number of unbranched alkanes of at least 4 members (excludes halogenated alkanes) is 33. The fourth-order valence-electron chi connectivity index (χ4n) is 8.55. The van der Waals surface area contributed by atoms with Crippen molar-refractivity contribution in [3.8, 4) is 0 Å². The maximum absolute atomic E-state index is 12.9. The van der Waals surface area contributed by atoms with Crippen LogP contribution in [-0.2, 0) is 28.6 Å². The molecule has 0 aromatic heterocycles. The lowest BCUT2D eigenvalue weighted by Gasteiger charge is -2.18. The molecule has 0 fully saturated rings. The van der Waals surface area contributed by atoms with Gasteiger partial charge in [-0.05, 0) is 83.5 Å². The number of carbonyl (C=O) groups is 3. The van der Waals surface area contributed by atoms with Crippen molar-refractivity contribution >= 4 is 17.9 Å². The topological polar surface area (TPSA) is 78.9 Å². The van der Waals surface area contributed by atoms with Crippen molar-refractivity contribution in [3.05, 3.63) is 60.8 Å². The third kappa shape index (κ3) is 55.9.